The second kappa shape index (κ2) is 10.6. The van der Waals surface area contributed by atoms with E-state index >= 15 is 0 Å². The van der Waals surface area contributed by atoms with E-state index in [0.29, 0.717) is 12.4 Å². The van der Waals surface area contributed by atoms with Gasteiger partial charge in [0.25, 0.3) is 11.8 Å². The fourth-order valence-corrected chi connectivity index (χ4v) is 3.27. The van der Waals surface area contributed by atoms with Crippen LogP contribution < -0.4 is 16.1 Å². The molecular weight excluding hydrogens is 388 g/mol. The maximum absolute atomic E-state index is 12.3. The van der Waals surface area contributed by atoms with Gasteiger partial charge in [0.05, 0.1) is 19.8 Å². The topological polar surface area (TPSA) is 129 Å². The van der Waals surface area contributed by atoms with Crippen molar-refractivity contribution in [3.05, 3.63) is 53.5 Å². The first-order valence-electron chi connectivity index (χ1n) is 9.68. The lowest BCUT2D eigenvalue weighted by Gasteiger charge is -2.30. The summed E-state index contributed by atoms with van der Waals surface area (Å²) in [7, 11) is 1.34. The number of hydrogen-bond acceptors (Lipinski definition) is 8. The zero-order valence-corrected chi connectivity index (χ0v) is 16.8. The maximum Gasteiger partial charge on any atom is 0.270 e. The van der Waals surface area contributed by atoms with Gasteiger partial charge in [0.2, 0.25) is 0 Å². The van der Waals surface area contributed by atoms with Gasteiger partial charge in [0.1, 0.15) is 17.8 Å². The monoisotopic (exact) mass is 414 g/mol. The number of aliphatic hydroxyl groups excluding tert-OH is 1. The third-order valence-electron chi connectivity index (χ3n) is 4.72. The van der Waals surface area contributed by atoms with Gasteiger partial charge >= 0.3 is 0 Å². The molecule has 0 saturated carbocycles. The van der Waals surface area contributed by atoms with Gasteiger partial charge in [0.15, 0.2) is 0 Å². The smallest absolute Gasteiger partial charge is 0.270 e. The van der Waals surface area contributed by atoms with Crippen LogP contribution in [0.1, 0.15) is 21.6 Å². The molecule has 1 aliphatic heterocycles. The van der Waals surface area contributed by atoms with Crippen LogP contribution in [0.2, 0.25) is 0 Å². The number of hydroxylamine groups is 1. The fourth-order valence-electron chi connectivity index (χ4n) is 3.27. The van der Waals surface area contributed by atoms with Crippen LogP contribution in [0.5, 0.6) is 0 Å². The number of benzene rings is 1. The van der Waals surface area contributed by atoms with E-state index in [-0.39, 0.29) is 24.7 Å². The number of aromatic nitrogens is 2. The number of carbonyl (C=O) groups is 2. The van der Waals surface area contributed by atoms with Crippen LogP contribution in [0.3, 0.4) is 0 Å². The van der Waals surface area contributed by atoms with Crippen LogP contribution in [0.4, 0.5) is 5.82 Å². The lowest BCUT2D eigenvalue weighted by Crippen LogP contribution is -2.42. The molecule has 160 valence electrons. The molecule has 1 atom stereocenters. The van der Waals surface area contributed by atoms with Gasteiger partial charge in [-0.3, -0.25) is 19.3 Å². The SMILES string of the molecule is CONC(=O)CNc1cc(C(=O)NC[C@H](O)CN2CCc3ccccc3C2)ncn1. The molecule has 0 spiro atoms. The van der Waals surface area contributed by atoms with E-state index in [1.165, 1.54) is 30.6 Å². The second-order valence-corrected chi connectivity index (χ2v) is 6.99. The molecule has 10 heteroatoms. The Labute approximate surface area is 174 Å². The lowest BCUT2D eigenvalue weighted by molar-refractivity contribution is -0.129. The number of rotatable bonds is 9. The molecule has 1 aliphatic rings. The van der Waals surface area contributed by atoms with Gasteiger partial charge in [-0.15, -0.1) is 0 Å². The Morgan fingerprint density at radius 3 is 2.87 bits per heavy atom. The van der Waals surface area contributed by atoms with E-state index in [9.17, 15) is 14.7 Å². The number of nitrogens with one attached hydrogen (secondary N) is 3. The summed E-state index contributed by atoms with van der Waals surface area (Å²) < 4.78 is 0. The minimum absolute atomic E-state index is 0.0659. The van der Waals surface area contributed by atoms with Gasteiger partial charge in [-0.1, -0.05) is 24.3 Å². The minimum Gasteiger partial charge on any atom is -0.390 e. The Morgan fingerprint density at radius 1 is 1.27 bits per heavy atom. The Bertz CT molecular complexity index is 878. The number of hydrogen-bond donors (Lipinski definition) is 4. The van der Waals surface area contributed by atoms with Crippen LogP contribution in [0.25, 0.3) is 0 Å². The average molecular weight is 414 g/mol. The number of nitrogens with zero attached hydrogens (tertiary/aromatic N) is 3. The summed E-state index contributed by atoms with van der Waals surface area (Å²) in [6.45, 7) is 2.18. The Kier molecular flexibility index (Phi) is 7.66. The summed E-state index contributed by atoms with van der Waals surface area (Å²) in [5.41, 5.74) is 4.94. The highest BCUT2D eigenvalue weighted by Crippen LogP contribution is 2.18. The molecule has 2 heterocycles. The zero-order valence-electron chi connectivity index (χ0n) is 16.8. The van der Waals surface area contributed by atoms with Gasteiger partial charge in [-0.2, -0.15) is 0 Å². The van der Waals surface area contributed by atoms with Crippen molar-refractivity contribution in [1.82, 2.24) is 25.7 Å². The molecule has 1 aromatic heterocycles. The fraction of sp³-hybridized carbons (Fsp3) is 0.400. The summed E-state index contributed by atoms with van der Waals surface area (Å²) in [5.74, 6) is -0.482. The third-order valence-corrected chi connectivity index (χ3v) is 4.72. The van der Waals surface area contributed by atoms with E-state index < -0.39 is 12.0 Å². The van der Waals surface area contributed by atoms with E-state index in [1.54, 1.807) is 0 Å². The number of anilines is 1. The van der Waals surface area contributed by atoms with Crippen molar-refractivity contribution in [2.24, 2.45) is 0 Å². The summed E-state index contributed by atoms with van der Waals surface area (Å²) in [4.78, 5) is 38.3. The molecule has 10 nitrogen and oxygen atoms in total. The van der Waals surface area contributed by atoms with E-state index in [2.05, 4.69) is 48.0 Å². The maximum atomic E-state index is 12.3. The molecule has 0 bridgehead atoms. The highest BCUT2D eigenvalue weighted by molar-refractivity contribution is 5.93. The normalized spacial score (nSPS) is 14.5. The van der Waals surface area contributed by atoms with Crippen molar-refractivity contribution >= 4 is 17.6 Å². The quantitative estimate of drug-likeness (QED) is 0.412. The number of β-amino-alcohol motifs (C(OH)–C–C–N with tert-alkyl or cyclic N) is 1. The van der Waals surface area contributed by atoms with Gasteiger partial charge in [-0.05, 0) is 17.5 Å². The molecule has 2 amide bonds. The molecule has 3 rings (SSSR count). The van der Waals surface area contributed by atoms with Crippen LogP contribution >= 0.6 is 0 Å². The summed E-state index contributed by atoms with van der Waals surface area (Å²) >= 11 is 0. The number of carbonyl (C=O) groups excluding carboxylic acids is 2. The molecule has 1 aromatic carbocycles. The van der Waals surface area contributed by atoms with Crippen molar-refractivity contribution < 1.29 is 19.5 Å². The summed E-state index contributed by atoms with van der Waals surface area (Å²) in [6.07, 6.45) is 1.48. The molecule has 4 N–H and O–H groups in total. The van der Waals surface area contributed by atoms with Gasteiger partial charge in [0, 0.05) is 32.2 Å². The Balaban J connectivity index is 1.45. The largest absolute Gasteiger partial charge is 0.390 e. The molecular formula is C20H26N6O4. The highest BCUT2D eigenvalue weighted by Gasteiger charge is 2.19. The van der Waals surface area contributed by atoms with Crippen LogP contribution in [0, 0.1) is 0 Å². The zero-order chi connectivity index (χ0) is 21.3. The van der Waals surface area contributed by atoms with Crippen molar-refractivity contribution in [1.29, 1.82) is 0 Å². The van der Waals surface area contributed by atoms with E-state index in [1.807, 2.05) is 12.1 Å². The van der Waals surface area contributed by atoms with E-state index in [4.69, 9.17) is 0 Å². The van der Waals surface area contributed by atoms with Gasteiger partial charge < -0.3 is 15.7 Å². The predicted octanol–water partition coefficient (Wildman–Crippen LogP) is -0.285. The van der Waals surface area contributed by atoms with Crippen molar-refractivity contribution in [3.8, 4) is 0 Å². The lowest BCUT2D eigenvalue weighted by atomic mass is 10.00. The molecule has 0 aliphatic carbocycles. The first kappa shape index (κ1) is 21.6. The van der Waals surface area contributed by atoms with E-state index in [0.717, 1.165) is 19.5 Å². The number of amides is 2. The summed E-state index contributed by atoms with van der Waals surface area (Å²) in [5, 5.41) is 15.8. The van der Waals surface area contributed by atoms with Crippen LogP contribution in [-0.2, 0) is 22.6 Å². The van der Waals surface area contributed by atoms with Crippen molar-refractivity contribution in [2.75, 3.05) is 38.6 Å². The molecule has 30 heavy (non-hydrogen) atoms. The first-order valence-corrected chi connectivity index (χ1v) is 9.68. The number of fused-ring (bicyclic) bond motifs is 1. The van der Waals surface area contributed by atoms with Crippen molar-refractivity contribution in [2.45, 2.75) is 19.1 Å². The second-order valence-electron chi connectivity index (χ2n) is 6.99. The van der Waals surface area contributed by atoms with Crippen LogP contribution in [-0.4, -0.2) is 71.2 Å². The molecule has 0 unspecified atom stereocenters. The third kappa shape index (κ3) is 6.21. The molecule has 0 radical (unpaired) electrons. The van der Waals surface area contributed by atoms with Crippen molar-refractivity contribution in [3.63, 3.8) is 0 Å². The first-order chi connectivity index (χ1) is 14.5. The molecule has 2 aromatic rings. The summed E-state index contributed by atoms with van der Waals surface area (Å²) in [6, 6.07) is 9.74. The Hall–Kier alpha value is -3.08. The standard InChI is InChI=1S/C20H26N6O4/c1-30-25-19(28)10-21-18-8-17(23-13-24-18)20(29)22-9-16(27)12-26-7-6-14-4-2-3-5-15(14)11-26/h2-5,8,13,16,27H,6-7,9-12H2,1H3,(H,22,29)(H,25,28)(H,21,23,24)/t16-/m0/s1. The van der Waals surface area contributed by atoms with Crippen LogP contribution in [0.15, 0.2) is 36.7 Å². The Morgan fingerprint density at radius 2 is 2.07 bits per heavy atom. The van der Waals surface area contributed by atoms with Gasteiger partial charge in [-0.25, -0.2) is 15.4 Å². The number of aliphatic hydroxyl groups is 1. The highest BCUT2D eigenvalue weighted by atomic mass is 16.6. The molecule has 0 saturated heterocycles. The predicted molar refractivity (Wildman–Crippen MR) is 109 cm³/mol. The molecule has 0 fully saturated rings. The average Bonchev–Trinajstić information content (AvgIpc) is 2.76. The minimum atomic E-state index is -0.698.